The average molecular weight is 316 g/mol. The van der Waals surface area contributed by atoms with Crippen molar-refractivity contribution in [1.82, 2.24) is 19.4 Å². The first kappa shape index (κ1) is 15.8. The van der Waals surface area contributed by atoms with Gasteiger partial charge < -0.3 is 13.9 Å². The van der Waals surface area contributed by atoms with E-state index in [-0.39, 0.29) is 11.9 Å². The summed E-state index contributed by atoms with van der Waals surface area (Å²) in [6.07, 6.45) is 4.56. The van der Waals surface area contributed by atoms with Crippen LogP contribution in [0.4, 0.5) is 0 Å². The number of hydrogen-bond acceptors (Lipinski definition) is 4. The molecule has 0 saturated carbocycles. The normalized spacial score (nSPS) is 19.3. The summed E-state index contributed by atoms with van der Waals surface area (Å²) >= 11 is 0. The highest BCUT2D eigenvalue weighted by molar-refractivity contribution is 5.91. The van der Waals surface area contributed by atoms with Crippen molar-refractivity contribution in [2.75, 3.05) is 26.2 Å². The van der Waals surface area contributed by atoms with E-state index >= 15 is 0 Å². The van der Waals surface area contributed by atoms with Crippen LogP contribution >= 0.6 is 0 Å². The molecule has 1 fully saturated rings. The molecule has 0 spiro atoms. The fourth-order valence-corrected chi connectivity index (χ4v) is 3.17. The van der Waals surface area contributed by atoms with Gasteiger partial charge in [0.15, 0.2) is 5.76 Å². The molecule has 3 heterocycles. The van der Waals surface area contributed by atoms with E-state index in [0.29, 0.717) is 12.3 Å². The molecular weight excluding hydrogens is 292 g/mol. The molecule has 1 amide bonds. The van der Waals surface area contributed by atoms with Gasteiger partial charge >= 0.3 is 0 Å². The lowest BCUT2D eigenvalue weighted by Crippen LogP contribution is -2.50. The van der Waals surface area contributed by atoms with Crippen molar-refractivity contribution in [3.05, 3.63) is 41.9 Å². The number of imidazole rings is 1. The lowest BCUT2D eigenvalue weighted by molar-refractivity contribution is 0.0445. The molecule has 0 radical (unpaired) electrons. The number of hydrogen-bond donors (Lipinski definition) is 0. The zero-order chi connectivity index (χ0) is 16.4. The SMILES string of the molecule is CCc1ccc(C(=O)N2CCN(CC)[C@H](c3nccn3C)C2)o1. The summed E-state index contributed by atoms with van der Waals surface area (Å²) in [7, 11) is 2.00. The Labute approximate surface area is 136 Å². The number of piperazine rings is 1. The highest BCUT2D eigenvalue weighted by atomic mass is 16.4. The Hall–Kier alpha value is -2.08. The number of aromatic nitrogens is 2. The quantitative estimate of drug-likeness (QED) is 0.867. The largest absolute Gasteiger partial charge is 0.456 e. The van der Waals surface area contributed by atoms with E-state index in [0.717, 1.165) is 37.6 Å². The number of nitrogens with zero attached hydrogens (tertiary/aromatic N) is 4. The summed E-state index contributed by atoms with van der Waals surface area (Å²) in [5, 5.41) is 0. The second-order valence-corrected chi connectivity index (χ2v) is 5.91. The number of furan rings is 1. The summed E-state index contributed by atoms with van der Waals surface area (Å²) in [5.74, 6) is 2.25. The Morgan fingerprint density at radius 1 is 1.35 bits per heavy atom. The molecule has 0 unspecified atom stereocenters. The number of likely N-dealkylation sites (N-methyl/N-ethyl adjacent to an activating group) is 1. The van der Waals surface area contributed by atoms with Gasteiger partial charge in [0.05, 0.1) is 6.04 Å². The zero-order valence-electron chi connectivity index (χ0n) is 14.0. The lowest BCUT2D eigenvalue weighted by Gasteiger charge is -2.40. The molecule has 2 aromatic rings. The molecule has 0 bridgehead atoms. The fourth-order valence-electron chi connectivity index (χ4n) is 3.17. The first-order chi connectivity index (χ1) is 11.1. The molecule has 0 aromatic carbocycles. The van der Waals surface area contributed by atoms with E-state index in [4.69, 9.17) is 4.42 Å². The number of aryl methyl sites for hydroxylation is 2. The standard InChI is InChI=1S/C17H24N4O2/c1-4-13-6-7-15(23-13)17(22)21-11-10-20(5-2)14(12-21)16-18-8-9-19(16)3/h6-9,14H,4-5,10-12H2,1-3H3/t14-/m0/s1. The van der Waals surface area contributed by atoms with Crippen LogP contribution in [0.2, 0.25) is 0 Å². The van der Waals surface area contributed by atoms with Gasteiger partial charge in [0.25, 0.3) is 5.91 Å². The molecule has 1 aliphatic heterocycles. The molecule has 124 valence electrons. The van der Waals surface area contributed by atoms with Gasteiger partial charge in [-0.1, -0.05) is 13.8 Å². The topological polar surface area (TPSA) is 54.5 Å². The Bertz CT molecular complexity index is 676. The molecular formula is C17H24N4O2. The van der Waals surface area contributed by atoms with Crippen molar-refractivity contribution < 1.29 is 9.21 Å². The van der Waals surface area contributed by atoms with Crippen molar-refractivity contribution in [3.63, 3.8) is 0 Å². The van der Waals surface area contributed by atoms with Gasteiger partial charge in [0.2, 0.25) is 0 Å². The molecule has 3 rings (SSSR count). The van der Waals surface area contributed by atoms with Gasteiger partial charge in [-0.3, -0.25) is 9.69 Å². The maximum absolute atomic E-state index is 12.7. The van der Waals surface area contributed by atoms with Crippen molar-refractivity contribution >= 4 is 5.91 Å². The molecule has 1 aliphatic rings. The van der Waals surface area contributed by atoms with E-state index in [1.165, 1.54) is 0 Å². The minimum absolute atomic E-state index is 0.0281. The summed E-state index contributed by atoms with van der Waals surface area (Å²) in [5.41, 5.74) is 0. The predicted molar refractivity (Wildman–Crippen MR) is 87.2 cm³/mol. The average Bonchev–Trinajstić information content (AvgIpc) is 3.22. The number of carbonyl (C=O) groups is 1. The van der Waals surface area contributed by atoms with E-state index in [2.05, 4.69) is 16.8 Å². The van der Waals surface area contributed by atoms with Gasteiger partial charge in [-0.25, -0.2) is 4.98 Å². The predicted octanol–water partition coefficient (Wildman–Crippen LogP) is 2.09. The second-order valence-electron chi connectivity index (χ2n) is 5.91. The highest BCUT2D eigenvalue weighted by Gasteiger charge is 2.33. The zero-order valence-corrected chi connectivity index (χ0v) is 14.0. The lowest BCUT2D eigenvalue weighted by atomic mass is 10.1. The Kier molecular flexibility index (Phi) is 4.52. The number of amides is 1. The summed E-state index contributed by atoms with van der Waals surface area (Å²) in [6.45, 7) is 7.31. The van der Waals surface area contributed by atoms with Gasteiger partial charge in [-0.15, -0.1) is 0 Å². The summed E-state index contributed by atoms with van der Waals surface area (Å²) in [4.78, 5) is 21.4. The molecule has 2 aromatic heterocycles. The van der Waals surface area contributed by atoms with Crippen molar-refractivity contribution in [2.45, 2.75) is 26.3 Å². The van der Waals surface area contributed by atoms with Crippen LogP contribution in [0.3, 0.4) is 0 Å². The monoisotopic (exact) mass is 316 g/mol. The van der Waals surface area contributed by atoms with E-state index in [1.807, 2.05) is 41.9 Å². The van der Waals surface area contributed by atoms with Crippen LogP contribution in [0.1, 0.15) is 42.0 Å². The molecule has 1 saturated heterocycles. The highest BCUT2D eigenvalue weighted by Crippen LogP contribution is 2.25. The molecule has 6 nitrogen and oxygen atoms in total. The maximum Gasteiger partial charge on any atom is 0.289 e. The molecule has 0 aliphatic carbocycles. The molecule has 1 atom stereocenters. The van der Waals surface area contributed by atoms with Crippen LogP contribution in [0.25, 0.3) is 0 Å². The third kappa shape index (κ3) is 3.03. The van der Waals surface area contributed by atoms with Crippen LogP contribution in [0, 0.1) is 0 Å². The van der Waals surface area contributed by atoms with Crippen molar-refractivity contribution in [2.24, 2.45) is 7.05 Å². The van der Waals surface area contributed by atoms with Crippen LogP contribution in [-0.2, 0) is 13.5 Å². The van der Waals surface area contributed by atoms with Gasteiger partial charge in [0, 0.05) is 45.5 Å². The minimum atomic E-state index is -0.0281. The minimum Gasteiger partial charge on any atom is -0.456 e. The Morgan fingerprint density at radius 2 is 2.17 bits per heavy atom. The van der Waals surface area contributed by atoms with Crippen LogP contribution in [-0.4, -0.2) is 51.4 Å². The molecule has 0 N–H and O–H groups in total. The van der Waals surface area contributed by atoms with Gasteiger partial charge in [0.1, 0.15) is 11.6 Å². The second kappa shape index (κ2) is 6.58. The summed E-state index contributed by atoms with van der Waals surface area (Å²) < 4.78 is 7.66. The summed E-state index contributed by atoms with van der Waals surface area (Å²) in [6, 6.07) is 3.79. The van der Waals surface area contributed by atoms with Crippen LogP contribution in [0.5, 0.6) is 0 Å². The fraction of sp³-hybridized carbons (Fsp3) is 0.529. The van der Waals surface area contributed by atoms with Gasteiger partial charge in [-0.05, 0) is 18.7 Å². The molecule has 23 heavy (non-hydrogen) atoms. The molecule has 6 heteroatoms. The van der Waals surface area contributed by atoms with E-state index < -0.39 is 0 Å². The smallest absolute Gasteiger partial charge is 0.289 e. The number of rotatable bonds is 4. The van der Waals surface area contributed by atoms with Crippen molar-refractivity contribution in [3.8, 4) is 0 Å². The van der Waals surface area contributed by atoms with E-state index in [1.54, 1.807) is 6.07 Å². The van der Waals surface area contributed by atoms with Gasteiger partial charge in [-0.2, -0.15) is 0 Å². The Morgan fingerprint density at radius 3 is 2.78 bits per heavy atom. The third-order valence-corrected chi connectivity index (χ3v) is 4.56. The first-order valence-electron chi connectivity index (χ1n) is 8.23. The maximum atomic E-state index is 12.7. The van der Waals surface area contributed by atoms with E-state index in [9.17, 15) is 4.79 Å². The third-order valence-electron chi connectivity index (χ3n) is 4.56. The van der Waals surface area contributed by atoms with Crippen molar-refractivity contribution in [1.29, 1.82) is 0 Å². The van der Waals surface area contributed by atoms with Crippen LogP contribution < -0.4 is 0 Å². The Balaban J connectivity index is 1.79. The number of carbonyl (C=O) groups excluding carboxylic acids is 1. The first-order valence-corrected chi connectivity index (χ1v) is 8.23. The van der Waals surface area contributed by atoms with Crippen LogP contribution in [0.15, 0.2) is 28.9 Å².